The number of ether oxygens (including phenoxy) is 1. The standard InChI is InChI=1S/C14H20BrNOS/c1-2-18-8-7-17-13-5-6-14(15)11(9-13)10-16-12-3-4-12/h5-6,9,12,16H,2-4,7-8,10H2,1H3. The van der Waals surface area contributed by atoms with E-state index in [1.807, 2.05) is 17.8 Å². The van der Waals surface area contributed by atoms with Gasteiger partial charge in [0.2, 0.25) is 0 Å². The quantitative estimate of drug-likeness (QED) is 0.732. The maximum atomic E-state index is 5.76. The Labute approximate surface area is 122 Å². The SMILES string of the molecule is CCSCCOc1ccc(Br)c(CNC2CC2)c1. The third-order valence-corrected chi connectivity index (χ3v) is 4.51. The van der Waals surface area contributed by atoms with Gasteiger partial charge in [0, 0.05) is 22.8 Å². The molecular weight excluding hydrogens is 310 g/mol. The molecule has 1 fully saturated rings. The summed E-state index contributed by atoms with van der Waals surface area (Å²) in [6, 6.07) is 6.98. The molecule has 18 heavy (non-hydrogen) atoms. The zero-order valence-corrected chi connectivity index (χ0v) is 13.1. The predicted molar refractivity (Wildman–Crippen MR) is 82.5 cm³/mol. The van der Waals surface area contributed by atoms with Crippen LogP contribution in [0, 0.1) is 0 Å². The minimum Gasteiger partial charge on any atom is -0.493 e. The summed E-state index contributed by atoms with van der Waals surface area (Å²) in [6.45, 7) is 3.88. The average Bonchev–Trinajstić information content (AvgIpc) is 3.19. The molecule has 0 heterocycles. The summed E-state index contributed by atoms with van der Waals surface area (Å²) in [5, 5.41) is 3.53. The second-order valence-corrected chi connectivity index (χ2v) is 6.70. The van der Waals surface area contributed by atoms with Crippen LogP contribution in [0.25, 0.3) is 0 Å². The Balaban J connectivity index is 1.83. The maximum absolute atomic E-state index is 5.76. The van der Waals surface area contributed by atoms with E-state index in [9.17, 15) is 0 Å². The van der Waals surface area contributed by atoms with Gasteiger partial charge in [-0.1, -0.05) is 22.9 Å². The predicted octanol–water partition coefficient (Wildman–Crippen LogP) is 3.83. The first-order chi connectivity index (χ1) is 8.79. The van der Waals surface area contributed by atoms with E-state index in [-0.39, 0.29) is 0 Å². The average molecular weight is 330 g/mol. The molecule has 1 aromatic rings. The Morgan fingerprint density at radius 1 is 1.44 bits per heavy atom. The van der Waals surface area contributed by atoms with Crippen LogP contribution in [0.5, 0.6) is 5.75 Å². The normalized spacial score (nSPS) is 14.8. The van der Waals surface area contributed by atoms with Gasteiger partial charge in [-0.25, -0.2) is 0 Å². The molecule has 1 N–H and O–H groups in total. The number of benzene rings is 1. The molecule has 0 radical (unpaired) electrons. The first-order valence-corrected chi connectivity index (χ1v) is 8.46. The second kappa shape index (κ2) is 7.41. The molecule has 2 nitrogen and oxygen atoms in total. The van der Waals surface area contributed by atoms with Crippen molar-refractivity contribution in [3.63, 3.8) is 0 Å². The molecule has 1 aliphatic rings. The zero-order chi connectivity index (χ0) is 12.8. The lowest BCUT2D eigenvalue weighted by Crippen LogP contribution is -2.15. The van der Waals surface area contributed by atoms with Crippen molar-refractivity contribution in [1.29, 1.82) is 0 Å². The molecule has 0 aliphatic heterocycles. The largest absolute Gasteiger partial charge is 0.493 e. The smallest absolute Gasteiger partial charge is 0.119 e. The van der Waals surface area contributed by atoms with Crippen molar-refractivity contribution in [2.75, 3.05) is 18.1 Å². The summed E-state index contributed by atoms with van der Waals surface area (Å²) in [5.41, 5.74) is 1.28. The molecule has 0 aromatic heterocycles. The molecule has 1 aliphatic carbocycles. The fourth-order valence-corrected chi connectivity index (χ4v) is 2.56. The van der Waals surface area contributed by atoms with Gasteiger partial charge >= 0.3 is 0 Å². The van der Waals surface area contributed by atoms with Gasteiger partial charge in [-0.2, -0.15) is 11.8 Å². The highest BCUT2D eigenvalue weighted by Crippen LogP contribution is 2.25. The van der Waals surface area contributed by atoms with Crippen molar-refractivity contribution in [2.45, 2.75) is 32.4 Å². The molecule has 4 heteroatoms. The van der Waals surface area contributed by atoms with E-state index in [0.717, 1.165) is 40.9 Å². The fourth-order valence-electron chi connectivity index (χ4n) is 1.68. The summed E-state index contributed by atoms with van der Waals surface area (Å²) < 4.78 is 6.91. The Morgan fingerprint density at radius 2 is 2.28 bits per heavy atom. The van der Waals surface area contributed by atoms with Crippen molar-refractivity contribution >= 4 is 27.7 Å². The lowest BCUT2D eigenvalue weighted by molar-refractivity contribution is 0.343. The number of nitrogens with one attached hydrogen (secondary N) is 1. The Kier molecular flexibility index (Phi) is 5.86. The van der Waals surface area contributed by atoms with E-state index in [1.54, 1.807) is 0 Å². The molecular formula is C14H20BrNOS. The van der Waals surface area contributed by atoms with Crippen molar-refractivity contribution < 1.29 is 4.74 Å². The Hall–Kier alpha value is -0.190. The summed E-state index contributed by atoms with van der Waals surface area (Å²) >= 11 is 5.50. The van der Waals surface area contributed by atoms with Crippen LogP contribution in [0.1, 0.15) is 25.3 Å². The third-order valence-electron chi connectivity index (χ3n) is 2.88. The fraction of sp³-hybridized carbons (Fsp3) is 0.571. The van der Waals surface area contributed by atoms with Crippen LogP contribution >= 0.6 is 27.7 Å². The van der Waals surface area contributed by atoms with E-state index in [2.05, 4.69) is 40.3 Å². The van der Waals surface area contributed by atoms with Gasteiger partial charge in [0.05, 0.1) is 6.61 Å². The minimum atomic E-state index is 0.738. The Morgan fingerprint density at radius 3 is 3.00 bits per heavy atom. The highest BCUT2D eigenvalue weighted by Gasteiger charge is 2.20. The van der Waals surface area contributed by atoms with Crippen molar-refractivity contribution in [3.05, 3.63) is 28.2 Å². The minimum absolute atomic E-state index is 0.738. The van der Waals surface area contributed by atoms with E-state index in [1.165, 1.54) is 18.4 Å². The molecule has 0 spiro atoms. The monoisotopic (exact) mass is 329 g/mol. The van der Waals surface area contributed by atoms with Gasteiger partial charge < -0.3 is 10.1 Å². The highest BCUT2D eigenvalue weighted by molar-refractivity contribution is 9.10. The molecule has 0 bridgehead atoms. The number of hydrogen-bond acceptors (Lipinski definition) is 3. The van der Waals surface area contributed by atoms with Gasteiger partial charge in [0.15, 0.2) is 0 Å². The van der Waals surface area contributed by atoms with Crippen LogP contribution in [-0.2, 0) is 6.54 Å². The number of rotatable bonds is 8. The van der Waals surface area contributed by atoms with Gasteiger partial charge in [-0.05, 0) is 42.4 Å². The van der Waals surface area contributed by atoms with Crippen LogP contribution in [-0.4, -0.2) is 24.2 Å². The highest BCUT2D eigenvalue weighted by atomic mass is 79.9. The second-order valence-electron chi connectivity index (χ2n) is 4.45. The first kappa shape index (κ1) is 14.2. The molecule has 0 saturated heterocycles. The van der Waals surface area contributed by atoms with Crippen molar-refractivity contribution in [1.82, 2.24) is 5.32 Å². The van der Waals surface area contributed by atoms with Gasteiger partial charge in [-0.15, -0.1) is 0 Å². The van der Waals surface area contributed by atoms with Gasteiger partial charge in [-0.3, -0.25) is 0 Å². The van der Waals surface area contributed by atoms with E-state index in [0.29, 0.717) is 0 Å². The number of halogens is 1. The van der Waals surface area contributed by atoms with E-state index >= 15 is 0 Å². The molecule has 0 amide bonds. The summed E-state index contributed by atoms with van der Waals surface area (Å²) in [4.78, 5) is 0. The lowest BCUT2D eigenvalue weighted by Gasteiger charge is -2.10. The molecule has 1 aromatic carbocycles. The summed E-state index contributed by atoms with van der Waals surface area (Å²) in [6.07, 6.45) is 2.64. The van der Waals surface area contributed by atoms with Crippen LogP contribution in [0.4, 0.5) is 0 Å². The number of hydrogen-bond donors (Lipinski definition) is 1. The van der Waals surface area contributed by atoms with Crippen molar-refractivity contribution in [2.24, 2.45) is 0 Å². The summed E-state index contributed by atoms with van der Waals surface area (Å²) in [7, 11) is 0. The van der Waals surface area contributed by atoms with Gasteiger partial charge in [0.25, 0.3) is 0 Å². The van der Waals surface area contributed by atoms with Crippen LogP contribution in [0.15, 0.2) is 22.7 Å². The van der Waals surface area contributed by atoms with Crippen LogP contribution < -0.4 is 10.1 Å². The Bertz CT molecular complexity index is 382. The topological polar surface area (TPSA) is 21.3 Å². The van der Waals surface area contributed by atoms with E-state index in [4.69, 9.17) is 4.74 Å². The lowest BCUT2D eigenvalue weighted by atomic mass is 10.2. The van der Waals surface area contributed by atoms with Crippen molar-refractivity contribution in [3.8, 4) is 5.75 Å². The number of thioether (sulfide) groups is 1. The molecule has 0 atom stereocenters. The van der Waals surface area contributed by atoms with E-state index < -0.39 is 0 Å². The maximum Gasteiger partial charge on any atom is 0.119 e. The summed E-state index contributed by atoms with van der Waals surface area (Å²) in [5.74, 6) is 3.19. The molecule has 0 unspecified atom stereocenters. The first-order valence-electron chi connectivity index (χ1n) is 6.52. The van der Waals surface area contributed by atoms with Crippen LogP contribution in [0.3, 0.4) is 0 Å². The van der Waals surface area contributed by atoms with Crippen LogP contribution in [0.2, 0.25) is 0 Å². The molecule has 100 valence electrons. The molecule has 1 saturated carbocycles. The van der Waals surface area contributed by atoms with Gasteiger partial charge in [0.1, 0.15) is 5.75 Å². The zero-order valence-electron chi connectivity index (χ0n) is 10.7. The molecule has 2 rings (SSSR count). The third kappa shape index (κ3) is 4.82.